The molecule has 0 spiro atoms. The van der Waals surface area contributed by atoms with E-state index in [9.17, 15) is 0 Å². The van der Waals surface area contributed by atoms with Gasteiger partial charge in [-0.25, -0.2) is 5.53 Å². The molecule has 1 atom stereocenters. The van der Waals surface area contributed by atoms with Gasteiger partial charge in [0.05, 0.1) is 18.2 Å². The Bertz CT molecular complexity index is 96.9. The lowest BCUT2D eigenvalue weighted by Gasteiger charge is -2.23. The van der Waals surface area contributed by atoms with Crippen LogP contribution in [0.15, 0.2) is 5.11 Å². The van der Waals surface area contributed by atoms with Gasteiger partial charge in [-0.2, -0.15) is 5.11 Å². The van der Waals surface area contributed by atoms with Crippen molar-refractivity contribution in [3.63, 3.8) is 0 Å². The number of hydrogen-bond acceptors (Lipinski definition) is 4. The van der Waals surface area contributed by atoms with E-state index in [2.05, 4.69) is 5.11 Å². The first-order valence-corrected chi connectivity index (χ1v) is 2.79. The minimum absolute atomic E-state index is 0.184. The molecule has 0 radical (unpaired) electrons. The van der Waals surface area contributed by atoms with Crippen LogP contribution in [0, 0.1) is 5.53 Å². The summed E-state index contributed by atoms with van der Waals surface area (Å²) in [5.41, 5.74) is 10.9. The second kappa shape index (κ2) is 2.89. The van der Waals surface area contributed by atoms with Crippen LogP contribution in [0.25, 0.3) is 0 Å². The molecular formula is C5H13N3O. The lowest BCUT2D eigenvalue weighted by molar-refractivity contribution is 0.0544. The Morgan fingerprint density at radius 2 is 2.22 bits per heavy atom. The molecule has 0 saturated carbocycles. The van der Waals surface area contributed by atoms with Crippen LogP contribution in [0.2, 0.25) is 0 Å². The first kappa shape index (κ1) is 8.52. The normalized spacial score (nSPS) is 15.1. The highest BCUT2D eigenvalue weighted by atomic mass is 16.3. The summed E-state index contributed by atoms with van der Waals surface area (Å²) in [6.45, 7) is 3.38. The number of aliphatic hydroxyl groups is 1. The van der Waals surface area contributed by atoms with Crippen molar-refractivity contribution in [1.29, 1.82) is 5.53 Å². The summed E-state index contributed by atoms with van der Waals surface area (Å²) in [5.74, 6) is 0. The van der Waals surface area contributed by atoms with Gasteiger partial charge < -0.3 is 10.8 Å². The maximum absolute atomic E-state index is 9.15. The number of hydrogen-bond donors (Lipinski definition) is 3. The first-order chi connectivity index (χ1) is 3.98. The molecule has 0 aliphatic rings. The van der Waals surface area contributed by atoms with Crippen LogP contribution >= 0.6 is 0 Å². The van der Waals surface area contributed by atoms with Crippen LogP contribution in [-0.4, -0.2) is 23.3 Å². The molecule has 54 valence electrons. The Balaban J connectivity index is 3.72. The Labute approximate surface area is 54.6 Å². The third kappa shape index (κ3) is 3.16. The fraction of sp³-hybridized carbons (Fsp3) is 1.00. The quantitative estimate of drug-likeness (QED) is 0.475. The minimum Gasteiger partial charge on any atom is -0.389 e. The van der Waals surface area contributed by atoms with Crippen molar-refractivity contribution in [3.05, 3.63) is 0 Å². The number of nitrogens with one attached hydrogen (secondary N) is 1. The summed E-state index contributed by atoms with van der Waals surface area (Å²) >= 11 is 0. The summed E-state index contributed by atoms with van der Waals surface area (Å²) in [6.07, 6.45) is 0. The van der Waals surface area contributed by atoms with Gasteiger partial charge >= 0.3 is 0 Å². The van der Waals surface area contributed by atoms with Gasteiger partial charge in [0.15, 0.2) is 0 Å². The molecule has 0 aromatic carbocycles. The zero-order chi connectivity index (χ0) is 7.49. The number of rotatable bonds is 3. The second-order valence-electron chi connectivity index (χ2n) is 2.60. The summed E-state index contributed by atoms with van der Waals surface area (Å²) < 4.78 is 0. The maximum Gasteiger partial charge on any atom is 0.0775 e. The highest BCUT2D eigenvalue weighted by Crippen LogP contribution is 2.05. The van der Waals surface area contributed by atoms with E-state index in [1.165, 1.54) is 0 Å². The van der Waals surface area contributed by atoms with Gasteiger partial charge in [-0.05, 0) is 13.8 Å². The summed E-state index contributed by atoms with van der Waals surface area (Å²) in [6, 6.07) is -0.435. The van der Waals surface area contributed by atoms with E-state index < -0.39 is 11.6 Å². The van der Waals surface area contributed by atoms with Crippen molar-refractivity contribution in [3.8, 4) is 0 Å². The highest BCUT2D eigenvalue weighted by molar-refractivity contribution is 4.81. The van der Waals surface area contributed by atoms with Gasteiger partial charge in [0.1, 0.15) is 0 Å². The fourth-order valence-electron chi connectivity index (χ4n) is 0.322. The second-order valence-corrected chi connectivity index (χ2v) is 2.60. The Kier molecular flexibility index (Phi) is 2.73. The molecule has 9 heavy (non-hydrogen) atoms. The van der Waals surface area contributed by atoms with Gasteiger partial charge in [0.2, 0.25) is 0 Å². The molecule has 0 heterocycles. The van der Waals surface area contributed by atoms with Crippen LogP contribution < -0.4 is 5.73 Å². The van der Waals surface area contributed by atoms with E-state index in [0.29, 0.717) is 0 Å². The molecule has 0 aliphatic heterocycles. The molecule has 0 rings (SSSR count). The molecule has 0 aromatic heterocycles. The van der Waals surface area contributed by atoms with Crippen molar-refractivity contribution >= 4 is 0 Å². The van der Waals surface area contributed by atoms with E-state index in [4.69, 9.17) is 16.4 Å². The predicted octanol–water partition coefficient (Wildman–Crippen LogP) is 0.116. The Morgan fingerprint density at radius 1 is 1.78 bits per heavy atom. The fourth-order valence-corrected chi connectivity index (χ4v) is 0.322. The minimum atomic E-state index is -0.926. The molecule has 1 unspecified atom stereocenters. The van der Waals surface area contributed by atoms with Crippen LogP contribution in [-0.2, 0) is 0 Å². The topological polar surface area (TPSA) is 82.5 Å². The van der Waals surface area contributed by atoms with Crippen LogP contribution in [0.3, 0.4) is 0 Å². The molecule has 0 aromatic rings. The van der Waals surface area contributed by atoms with Crippen LogP contribution in [0.1, 0.15) is 13.8 Å². The molecule has 4 heteroatoms. The predicted molar refractivity (Wildman–Crippen MR) is 34.3 cm³/mol. The average molecular weight is 131 g/mol. The van der Waals surface area contributed by atoms with E-state index in [-0.39, 0.29) is 6.54 Å². The molecule has 0 bridgehead atoms. The van der Waals surface area contributed by atoms with E-state index in [1.807, 2.05) is 0 Å². The van der Waals surface area contributed by atoms with Crippen LogP contribution in [0.5, 0.6) is 0 Å². The largest absolute Gasteiger partial charge is 0.389 e. The van der Waals surface area contributed by atoms with E-state index in [0.717, 1.165) is 0 Å². The molecule has 0 amide bonds. The average Bonchev–Trinajstić information content (AvgIpc) is 1.64. The summed E-state index contributed by atoms with van der Waals surface area (Å²) in [4.78, 5) is 0. The zero-order valence-electron chi connectivity index (χ0n) is 5.76. The highest BCUT2D eigenvalue weighted by Gasteiger charge is 2.21. The van der Waals surface area contributed by atoms with Gasteiger partial charge in [0.25, 0.3) is 0 Å². The maximum atomic E-state index is 9.15. The van der Waals surface area contributed by atoms with E-state index >= 15 is 0 Å². The summed E-state index contributed by atoms with van der Waals surface area (Å²) in [5, 5.41) is 12.2. The molecule has 4 nitrogen and oxygen atoms in total. The Hall–Kier alpha value is -0.480. The zero-order valence-corrected chi connectivity index (χ0v) is 5.76. The third-order valence-electron chi connectivity index (χ3n) is 1.20. The van der Waals surface area contributed by atoms with Crippen molar-refractivity contribution < 1.29 is 5.11 Å². The van der Waals surface area contributed by atoms with Gasteiger partial charge in [0, 0.05) is 0 Å². The molecular weight excluding hydrogens is 118 g/mol. The molecule has 0 saturated heterocycles. The first-order valence-electron chi connectivity index (χ1n) is 2.79. The van der Waals surface area contributed by atoms with Crippen molar-refractivity contribution in [1.82, 2.24) is 0 Å². The summed E-state index contributed by atoms with van der Waals surface area (Å²) in [7, 11) is 0. The number of nitrogens with two attached hydrogens (primary N) is 1. The number of nitrogens with zero attached hydrogens (tertiary/aromatic N) is 1. The van der Waals surface area contributed by atoms with Crippen molar-refractivity contribution in [2.24, 2.45) is 10.8 Å². The van der Waals surface area contributed by atoms with E-state index in [1.54, 1.807) is 13.8 Å². The van der Waals surface area contributed by atoms with Crippen molar-refractivity contribution in [2.45, 2.75) is 25.5 Å². The van der Waals surface area contributed by atoms with Gasteiger partial charge in [-0.15, -0.1) is 0 Å². The van der Waals surface area contributed by atoms with Gasteiger partial charge in [-0.1, -0.05) is 0 Å². The molecule has 0 aliphatic carbocycles. The van der Waals surface area contributed by atoms with Crippen molar-refractivity contribution in [2.75, 3.05) is 6.54 Å². The molecule has 4 N–H and O–H groups in total. The SMILES string of the molecule is CC(C)(O)C(N)CN=N. The van der Waals surface area contributed by atoms with Gasteiger partial charge in [-0.3, -0.25) is 0 Å². The third-order valence-corrected chi connectivity index (χ3v) is 1.20. The lowest BCUT2D eigenvalue weighted by Crippen LogP contribution is -2.45. The standard InChI is InChI=1S/C5H13N3O/c1-5(2,9)4(6)3-8-7/h4,7,9H,3,6H2,1-2H3. The smallest absolute Gasteiger partial charge is 0.0775 e. The lowest BCUT2D eigenvalue weighted by atomic mass is 10.0. The monoisotopic (exact) mass is 131 g/mol. The molecule has 0 fully saturated rings. The Morgan fingerprint density at radius 3 is 2.33 bits per heavy atom. The van der Waals surface area contributed by atoms with Crippen LogP contribution in [0.4, 0.5) is 0 Å².